The third kappa shape index (κ3) is 3.84. The number of hydrogen-bond acceptors (Lipinski definition) is 3. The van der Waals surface area contributed by atoms with Crippen molar-refractivity contribution < 1.29 is 9.53 Å². The largest absolute Gasteiger partial charge is 0.468 e. The first-order chi connectivity index (χ1) is 11.2. The van der Waals surface area contributed by atoms with Gasteiger partial charge < -0.3 is 4.74 Å². The average Bonchev–Trinajstić information content (AvgIpc) is 3.42. The van der Waals surface area contributed by atoms with Crippen molar-refractivity contribution >= 4 is 46.9 Å². The quantitative estimate of drug-likeness (QED) is 0.354. The predicted molar refractivity (Wildman–Crippen MR) is 107 cm³/mol. The summed E-state index contributed by atoms with van der Waals surface area (Å²) in [5.74, 6) is 2.98. The minimum absolute atomic E-state index is 0.122. The Hall–Kier alpha value is -1.19. The van der Waals surface area contributed by atoms with Crippen LogP contribution >= 0.6 is 30.1 Å². The highest BCUT2D eigenvalue weighted by atomic mass is 127. The molecule has 1 aliphatic carbocycles. The van der Waals surface area contributed by atoms with Crippen molar-refractivity contribution in [3.05, 3.63) is 47.5 Å². The molecule has 0 aromatic heterocycles. The number of carbonyl (C=O) groups excluding carboxylic acids is 1. The third-order valence-electron chi connectivity index (χ3n) is 3.95. The molecule has 2 aromatic rings. The maximum atomic E-state index is 12.0. The lowest BCUT2D eigenvalue weighted by atomic mass is 9.93. The number of methoxy groups -OCH3 is 1. The van der Waals surface area contributed by atoms with Crippen LogP contribution in [-0.2, 0) is 14.9 Å². The van der Waals surface area contributed by atoms with Gasteiger partial charge in [-0.25, -0.2) is 0 Å². The smallest absolute Gasteiger partial charge is 0.316 e. The molecule has 0 radical (unpaired) electrons. The topological polar surface area (TPSA) is 26.3 Å². The number of carbonyl (C=O) groups is 1. The van der Waals surface area contributed by atoms with E-state index in [1.54, 1.807) is 0 Å². The summed E-state index contributed by atoms with van der Waals surface area (Å²) in [6.07, 6.45) is 1.75. The summed E-state index contributed by atoms with van der Waals surface area (Å²) < 4.78 is 4.95. The van der Waals surface area contributed by atoms with Crippen LogP contribution in [0.5, 0.6) is 0 Å². The number of esters is 1. The van der Waals surface area contributed by atoms with E-state index in [-0.39, 0.29) is 5.97 Å². The average molecular weight is 438 g/mol. The van der Waals surface area contributed by atoms with Crippen LogP contribution in [0, 0.1) is 11.2 Å². The second-order valence-corrected chi connectivity index (χ2v) is 6.83. The van der Waals surface area contributed by atoms with Gasteiger partial charge in [-0.05, 0) is 55.5 Å². The summed E-state index contributed by atoms with van der Waals surface area (Å²) in [5.41, 5.74) is 1.66. The van der Waals surface area contributed by atoms with E-state index in [0.717, 1.165) is 34.7 Å². The molecular formula is C19H19IO2S. The SMILES string of the molecule is CC.COC(=O)C1(c2ccc3cc(C#CSI)ccc3c2)CC1. The molecule has 0 saturated heterocycles. The van der Waals surface area contributed by atoms with E-state index in [4.69, 9.17) is 4.74 Å². The van der Waals surface area contributed by atoms with Crippen molar-refractivity contribution in [1.82, 2.24) is 0 Å². The predicted octanol–water partition coefficient (Wildman–Crippen LogP) is 5.46. The molecule has 1 aliphatic rings. The molecule has 2 nitrogen and oxygen atoms in total. The molecule has 0 amide bonds. The summed E-state index contributed by atoms with van der Waals surface area (Å²) in [6.45, 7) is 4.00. The summed E-state index contributed by atoms with van der Waals surface area (Å²) in [4.78, 5) is 12.0. The molecule has 0 spiro atoms. The maximum absolute atomic E-state index is 12.0. The lowest BCUT2D eigenvalue weighted by molar-refractivity contribution is -0.143. The number of halogens is 1. The van der Waals surface area contributed by atoms with Crippen molar-refractivity contribution in [2.75, 3.05) is 7.11 Å². The van der Waals surface area contributed by atoms with E-state index >= 15 is 0 Å². The first-order valence-electron chi connectivity index (χ1n) is 7.61. The Kier molecular flexibility index (Phi) is 6.37. The number of benzene rings is 2. The molecule has 0 atom stereocenters. The molecule has 120 valence electrons. The molecule has 2 aromatic carbocycles. The Labute approximate surface area is 154 Å². The lowest BCUT2D eigenvalue weighted by Crippen LogP contribution is -2.21. The fourth-order valence-electron chi connectivity index (χ4n) is 2.63. The van der Waals surface area contributed by atoms with Crippen molar-refractivity contribution in [3.8, 4) is 11.2 Å². The molecule has 3 rings (SSSR count). The van der Waals surface area contributed by atoms with Crippen LogP contribution in [0.25, 0.3) is 10.8 Å². The summed E-state index contributed by atoms with van der Waals surface area (Å²) in [6, 6.07) is 12.4. The van der Waals surface area contributed by atoms with E-state index in [0.29, 0.717) is 0 Å². The van der Waals surface area contributed by atoms with Crippen LogP contribution in [0.2, 0.25) is 0 Å². The van der Waals surface area contributed by atoms with Gasteiger partial charge >= 0.3 is 5.97 Å². The van der Waals surface area contributed by atoms with E-state index in [2.05, 4.69) is 56.6 Å². The van der Waals surface area contributed by atoms with Crippen LogP contribution in [0.1, 0.15) is 37.8 Å². The van der Waals surface area contributed by atoms with Gasteiger partial charge in [0.05, 0.1) is 12.5 Å². The molecule has 0 bridgehead atoms. The fourth-order valence-corrected chi connectivity index (χ4v) is 3.12. The normalized spacial score (nSPS) is 14.1. The third-order valence-corrected chi connectivity index (χ3v) is 4.79. The van der Waals surface area contributed by atoms with Gasteiger partial charge in [0.15, 0.2) is 0 Å². The van der Waals surface area contributed by atoms with Crippen LogP contribution in [0.4, 0.5) is 0 Å². The van der Waals surface area contributed by atoms with E-state index < -0.39 is 5.41 Å². The Morgan fingerprint density at radius 3 is 2.43 bits per heavy atom. The van der Waals surface area contributed by atoms with Crippen molar-refractivity contribution in [3.63, 3.8) is 0 Å². The van der Waals surface area contributed by atoms with Gasteiger partial charge in [-0.2, -0.15) is 0 Å². The fraction of sp³-hybridized carbons (Fsp3) is 0.316. The molecule has 1 fully saturated rings. The molecule has 0 aliphatic heterocycles. The van der Waals surface area contributed by atoms with Crippen molar-refractivity contribution in [2.24, 2.45) is 0 Å². The van der Waals surface area contributed by atoms with E-state index in [1.165, 1.54) is 16.0 Å². The minimum atomic E-state index is -0.404. The highest BCUT2D eigenvalue weighted by Gasteiger charge is 2.52. The first-order valence-corrected chi connectivity index (χ1v) is 11.0. The Balaban J connectivity index is 0.000000924. The van der Waals surface area contributed by atoms with Gasteiger partial charge in [0.2, 0.25) is 0 Å². The zero-order valence-electron chi connectivity index (χ0n) is 13.5. The number of hydrogen-bond donors (Lipinski definition) is 0. The number of rotatable bonds is 2. The zero-order chi connectivity index (χ0) is 16.9. The molecule has 4 heteroatoms. The Morgan fingerprint density at radius 1 is 1.17 bits per heavy atom. The van der Waals surface area contributed by atoms with Gasteiger partial charge in [0, 0.05) is 26.8 Å². The lowest BCUT2D eigenvalue weighted by Gasteiger charge is -2.13. The molecule has 1 saturated carbocycles. The summed E-state index contributed by atoms with van der Waals surface area (Å²) in [7, 11) is 2.94. The van der Waals surface area contributed by atoms with Gasteiger partial charge in [0.1, 0.15) is 0 Å². The highest BCUT2D eigenvalue weighted by Crippen LogP contribution is 2.49. The highest BCUT2D eigenvalue weighted by molar-refractivity contribution is 14.2. The molecule has 0 heterocycles. The van der Waals surface area contributed by atoms with E-state index in [1.807, 2.05) is 26.0 Å². The number of fused-ring (bicyclic) bond motifs is 1. The van der Waals surface area contributed by atoms with Gasteiger partial charge in [-0.15, -0.1) is 0 Å². The molecule has 0 N–H and O–H groups in total. The van der Waals surface area contributed by atoms with Crippen molar-refractivity contribution in [2.45, 2.75) is 32.1 Å². The molecule has 23 heavy (non-hydrogen) atoms. The standard InChI is InChI=1S/C17H13IO2S.C2H6/c1-20-16(19)17(7-8-17)15-5-4-13-10-12(6-9-21-18)2-3-14(13)11-15;1-2/h2-5,10-11H,7-8H2,1H3;1-2H3. The maximum Gasteiger partial charge on any atom is 0.316 e. The van der Waals surface area contributed by atoms with E-state index in [9.17, 15) is 4.79 Å². The zero-order valence-corrected chi connectivity index (χ0v) is 16.5. The van der Waals surface area contributed by atoms with Crippen LogP contribution < -0.4 is 0 Å². The molecule has 0 unspecified atom stereocenters. The first kappa shape index (κ1) is 18.2. The van der Waals surface area contributed by atoms with Gasteiger partial charge in [-0.3, -0.25) is 4.79 Å². The van der Waals surface area contributed by atoms with Gasteiger partial charge in [0.25, 0.3) is 0 Å². The Bertz CT molecular complexity index is 770. The van der Waals surface area contributed by atoms with Crippen LogP contribution in [0.3, 0.4) is 0 Å². The monoisotopic (exact) mass is 438 g/mol. The number of ether oxygens (including phenoxy) is 1. The second kappa shape index (κ2) is 8.07. The summed E-state index contributed by atoms with van der Waals surface area (Å²) >= 11 is 2.16. The van der Waals surface area contributed by atoms with Crippen LogP contribution in [-0.4, -0.2) is 13.1 Å². The van der Waals surface area contributed by atoms with Gasteiger partial charge in [-0.1, -0.05) is 44.0 Å². The second-order valence-electron chi connectivity index (χ2n) is 5.15. The summed E-state index contributed by atoms with van der Waals surface area (Å²) in [5, 5.41) is 5.27. The van der Waals surface area contributed by atoms with Crippen LogP contribution in [0.15, 0.2) is 36.4 Å². The Morgan fingerprint density at radius 2 is 1.83 bits per heavy atom. The minimum Gasteiger partial charge on any atom is -0.468 e. The molecular weight excluding hydrogens is 419 g/mol. The van der Waals surface area contributed by atoms with Crippen molar-refractivity contribution in [1.29, 1.82) is 0 Å².